The van der Waals surface area contributed by atoms with Crippen LogP contribution in [0.2, 0.25) is 5.02 Å². The minimum Gasteiger partial charge on any atom is -0.255 e. The van der Waals surface area contributed by atoms with E-state index in [4.69, 9.17) is 31.5 Å². The second-order valence-corrected chi connectivity index (χ2v) is 9.42. The summed E-state index contributed by atoms with van der Waals surface area (Å²) in [4.78, 5) is 19.6. The van der Waals surface area contributed by atoms with Crippen LogP contribution < -0.4 is 0 Å². The number of halogens is 1. The van der Waals surface area contributed by atoms with Crippen LogP contribution in [0.1, 0.15) is 87.7 Å². The number of hydrogen-bond donors (Lipinski definition) is 0. The van der Waals surface area contributed by atoms with Gasteiger partial charge in [0.2, 0.25) is 0 Å². The predicted molar refractivity (Wildman–Crippen MR) is 125 cm³/mol. The van der Waals surface area contributed by atoms with Crippen molar-refractivity contribution in [2.45, 2.75) is 76.0 Å². The molecule has 0 radical (unpaired) electrons. The van der Waals surface area contributed by atoms with E-state index in [1.807, 2.05) is 36.5 Å². The fourth-order valence-corrected chi connectivity index (χ4v) is 5.07. The summed E-state index contributed by atoms with van der Waals surface area (Å²) < 4.78 is 0. The molecule has 2 aliphatic carbocycles. The van der Waals surface area contributed by atoms with Crippen LogP contribution in [0.25, 0.3) is 22.6 Å². The summed E-state index contributed by atoms with van der Waals surface area (Å²) in [6.07, 6.45) is 14.5. The Morgan fingerprint density at radius 3 is 1.68 bits per heavy atom. The number of pyridine rings is 1. The lowest BCUT2D eigenvalue weighted by molar-refractivity contribution is 0.409. The Hall–Kier alpha value is -2.33. The molecule has 0 aliphatic heterocycles. The second kappa shape index (κ2) is 9.44. The van der Waals surface area contributed by atoms with Gasteiger partial charge in [-0.05, 0) is 49.9 Å². The first-order valence-electron chi connectivity index (χ1n) is 11.7. The van der Waals surface area contributed by atoms with Crippen LogP contribution in [0.4, 0.5) is 0 Å². The number of nitrogens with zero attached hydrogens (tertiary/aromatic N) is 4. The summed E-state index contributed by atoms with van der Waals surface area (Å²) in [5.74, 6) is 3.74. The Labute approximate surface area is 189 Å². The molecule has 160 valence electrons. The van der Waals surface area contributed by atoms with E-state index in [-0.39, 0.29) is 0 Å². The molecule has 1 aromatic carbocycles. The molecule has 2 heterocycles. The van der Waals surface area contributed by atoms with Crippen molar-refractivity contribution in [1.29, 1.82) is 0 Å². The first kappa shape index (κ1) is 20.6. The highest BCUT2D eigenvalue weighted by Crippen LogP contribution is 2.35. The van der Waals surface area contributed by atoms with E-state index in [9.17, 15) is 0 Å². The average Bonchev–Trinajstić information content (AvgIpc) is 2.85. The Kier molecular flexibility index (Phi) is 6.26. The highest BCUT2D eigenvalue weighted by Gasteiger charge is 2.24. The summed E-state index contributed by atoms with van der Waals surface area (Å²) in [7, 11) is 0. The first-order valence-corrected chi connectivity index (χ1v) is 12.1. The van der Waals surface area contributed by atoms with E-state index in [0.29, 0.717) is 11.8 Å². The molecule has 0 saturated heterocycles. The minimum atomic E-state index is 0.471. The van der Waals surface area contributed by atoms with Crippen molar-refractivity contribution >= 4 is 11.6 Å². The normalized spacial score (nSPS) is 18.2. The third kappa shape index (κ3) is 4.79. The van der Waals surface area contributed by atoms with Crippen molar-refractivity contribution in [2.24, 2.45) is 0 Å². The number of benzene rings is 1. The van der Waals surface area contributed by atoms with Gasteiger partial charge in [0.25, 0.3) is 0 Å². The molecule has 3 aromatic rings. The van der Waals surface area contributed by atoms with Crippen molar-refractivity contribution in [2.75, 3.05) is 0 Å². The van der Waals surface area contributed by atoms with Crippen LogP contribution in [-0.2, 0) is 0 Å². The average molecular weight is 433 g/mol. The highest BCUT2D eigenvalue weighted by atomic mass is 35.5. The maximum absolute atomic E-state index is 6.02. The van der Waals surface area contributed by atoms with E-state index in [2.05, 4.69) is 6.07 Å². The summed E-state index contributed by atoms with van der Waals surface area (Å²) >= 11 is 6.02. The van der Waals surface area contributed by atoms with Crippen LogP contribution in [0, 0.1) is 0 Å². The molecule has 2 aromatic heterocycles. The van der Waals surface area contributed by atoms with Crippen LogP contribution in [0.15, 0.2) is 42.6 Å². The van der Waals surface area contributed by atoms with Crippen molar-refractivity contribution in [3.05, 3.63) is 59.3 Å². The van der Waals surface area contributed by atoms with E-state index in [1.54, 1.807) is 0 Å². The van der Waals surface area contributed by atoms with Crippen LogP contribution >= 0.6 is 11.6 Å². The summed E-state index contributed by atoms with van der Waals surface area (Å²) in [6.45, 7) is 0. The Morgan fingerprint density at radius 1 is 0.613 bits per heavy atom. The molecular formula is C26H29ClN4. The molecule has 0 unspecified atom stereocenters. The quantitative estimate of drug-likeness (QED) is 0.432. The monoisotopic (exact) mass is 432 g/mol. The number of rotatable bonds is 4. The van der Waals surface area contributed by atoms with Gasteiger partial charge in [0.15, 0.2) is 5.82 Å². The topological polar surface area (TPSA) is 51.6 Å². The zero-order valence-electron chi connectivity index (χ0n) is 17.9. The molecule has 2 saturated carbocycles. The molecule has 0 bridgehead atoms. The highest BCUT2D eigenvalue weighted by molar-refractivity contribution is 6.30. The lowest BCUT2D eigenvalue weighted by Gasteiger charge is -2.24. The Balaban J connectivity index is 1.48. The van der Waals surface area contributed by atoms with Gasteiger partial charge in [-0.3, -0.25) is 4.98 Å². The number of hydrogen-bond acceptors (Lipinski definition) is 4. The smallest absolute Gasteiger partial charge is 0.164 e. The van der Waals surface area contributed by atoms with Gasteiger partial charge in [-0.1, -0.05) is 62.3 Å². The molecule has 0 spiro atoms. The fraction of sp³-hybridized carbons (Fsp3) is 0.462. The largest absolute Gasteiger partial charge is 0.255 e. The molecule has 31 heavy (non-hydrogen) atoms. The fourth-order valence-electron chi connectivity index (χ4n) is 4.94. The van der Waals surface area contributed by atoms with E-state index in [0.717, 1.165) is 39.3 Å². The maximum atomic E-state index is 6.02. The van der Waals surface area contributed by atoms with Crippen molar-refractivity contribution in [1.82, 2.24) is 19.9 Å². The lowest BCUT2D eigenvalue weighted by atomic mass is 9.87. The molecule has 2 fully saturated rings. The lowest BCUT2D eigenvalue weighted by Crippen LogP contribution is -2.16. The van der Waals surface area contributed by atoms with Gasteiger partial charge in [0.1, 0.15) is 11.6 Å². The third-order valence-electron chi connectivity index (χ3n) is 6.77. The maximum Gasteiger partial charge on any atom is 0.164 e. The van der Waals surface area contributed by atoms with Crippen molar-refractivity contribution in [3.8, 4) is 22.6 Å². The molecule has 5 heteroatoms. The zero-order chi connectivity index (χ0) is 21.0. The summed E-state index contributed by atoms with van der Waals surface area (Å²) in [5, 5.41) is 0.732. The summed E-state index contributed by atoms with van der Waals surface area (Å²) in [5.41, 5.74) is 2.95. The summed E-state index contributed by atoms with van der Waals surface area (Å²) in [6, 6.07) is 11.9. The molecule has 0 N–H and O–H groups in total. The molecule has 5 rings (SSSR count). The van der Waals surface area contributed by atoms with Gasteiger partial charge in [-0.2, -0.15) is 0 Å². The van der Waals surface area contributed by atoms with Gasteiger partial charge in [0.05, 0.1) is 5.69 Å². The van der Waals surface area contributed by atoms with Crippen molar-refractivity contribution in [3.63, 3.8) is 0 Å². The molecular weight excluding hydrogens is 404 g/mol. The van der Waals surface area contributed by atoms with Crippen LogP contribution in [0.5, 0.6) is 0 Å². The molecule has 0 atom stereocenters. The SMILES string of the molecule is Clc1ccc(-c2ccc(-c3nc(C4CCCCC4)nc(C4CCCCC4)n3)cn2)cc1. The van der Waals surface area contributed by atoms with Gasteiger partial charge in [0, 0.05) is 34.2 Å². The zero-order valence-corrected chi connectivity index (χ0v) is 18.7. The van der Waals surface area contributed by atoms with Gasteiger partial charge < -0.3 is 0 Å². The molecule has 0 amide bonds. The van der Waals surface area contributed by atoms with Gasteiger partial charge in [-0.25, -0.2) is 15.0 Å². The van der Waals surface area contributed by atoms with Gasteiger partial charge >= 0.3 is 0 Å². The van der Waals surface area contributed by atoms with Crippen LogP contribution in [0.3, 0.4) is 0 Å². The van der Waals surface area contributed by atoms with E-state index < -0.39 is 0 Å². The first-order chi connectivity index (χ1) is 15.3. The second-order valence-electron chi connectivity index (χ2n) is 8.98. The predicted octanol–water partition coefficient (Wildman–Crippen LogP) is 7.35. The number of aromatic nitrogens is 4. The molecule has 4 nitrogen and oxygen atoms in total. The van der Waals surface area contributed by atoms with E-state index in [1.165, 1.54) is 64.2 Å². The minimum absolute atomic E-state index is 0.471. The third-order valence-corrected chi connectivity index (χ3v) is 7.02. The van der Waals surface area contributed by atoms with Crippen molar-refractivity contribution < 1.29 is 0 Å². The van der Waals surface area contributed by atoms with E-state index >= 15 is 0 Å². The molecule has 2 aliphatic rings. The Morgan fingerprint density at radius 2 is 1.16 bits per heavy atom. The van der Waals surface area contributed by atoms with Crippen LogP contribution in [-0.4, -0.2) is 19.9 Å². The Bertz CT molecular complexity index is 968. The standard InChI is InChI=1S/C26H29ClN4/c27-22-14-11-18(12-15-22)23-16-13-21(17-28-23)26-30-24(19-7-3-1-4-8-19)29-25(31-26)20-9-5-2-6-10-20/h11-17,19-20H,1-10H2. The van der Waals surface area contributed by atoms with Gasteiger partial charge in [-0.15, -0.1) is 0 Å².